The van der Waals surface area contributed by atoms with E-state index in [4.69, 9.17) is 34.8 Å². The zero-order valence-electron chi connectivity index (χ0n) is 4.87. The van der Waals surface area contributed by atoms with Crippen molar-refractivity contribution in [3.63, 3.8) is 0 Å². The molecule has 1 aromatic carbocycles. The van der Waals surface area contributed by atoms with Crippen LogP contribution < -0.4 is 3.58 Å². The maximum atomic E-state index is 5.72. The van der Waals surface area contributed by atoms with Crippen molar-refractivity contribution >= 4 is 60.9 Å². The van der Waals surface area contributed by atoms with E-state index in [1.54, 1.807) is 0 Å². The summed E-state index contributed by atoms with van der Waals surface area (Å²) in [6.45, 7) is 0. The van der Waals surface area contributed by atoms with Gasteiger partial charge in [-0.05, 0) is 0 Å². The summed E-state index contributed by atoms with van der Waals surface area (Å²) in [5.74, 6) is 0. The summed E-state index contributed by atoms with van der Waals surface area (Å²) >= 11 is 18.2. The van der Waals surface area contributed by atoms with E-state index in [0.717, 1.165) is 26.1 Å². The van der Waals surface area contributed by atoms with Gasteiger partial charge in [0.1, 0.15) is 0 Å². The number of benzene rings is 1. The summed E-state index contributed by atoms with van der Waals surface area (Å²) in [6, 6.07) is 3.66. The Hall–Kier alpha value is 0.889. The van der Waals surface area contributed by atoms with Gasteiger partial charge in [-0.3, -0.25) is 0 Å². The third kappa shape index (κ3) is 1.94. The Kier molecular flexibility index (Phi) is 3.17. The van der Waals surface area contributed by atoms with Gasteiger partial charge in [-0.25, -0.2) is 0 Å². The Bertz CT molecular complexity index is 236. The first-order valence-electron chi connectivity index (χ1n) is 2.51. The van der Waals surface area contributed by atoms with Gasteiger partial charge in [-0.15, -0.1) is 0 Å². The second-order valence-electron chi connectivity index (χ2n) is 1.80. The maximum absolute atomic E-state index is 5.72. The fourth-order valence-corrected chi connectivity index (χ4v) is 2.74. The molecule has 52 valence electrons. The molecule has 10 heavy (non-hydrogen) atoms. The Balaban J connectivity index is 3.31. The number of hydrogen-bond donors (Lipinski definition) is 0. The van der Waals surface area contributed by atoms with E-state index in [-0.39, 0.29) is 0 Å². The fraction of sp³-hybridized carbons (Fsp3) is 0. The first kappa shape index (κ1) is 8.98. The molecule has 1 rings (SSSR count). The van der Waals surface area contributed by atoms with Crippen LogP contribution >= 0.6 is 34.8 Å². The van der Waals surface area contributed by atoms with E-state index in [9.17, 15) is 0 Å². The van der Waals surface area contributed by atoms with Crippen LogP contribution in [0.15, 0.2) is 12.1 Å². The first-order valence-corrected chi connectivity index (χ1v) is 5.29. The van der Waals surface area contributed by atoms with Gasteiger partial charge in [0.25, 0.3) is 0 Å². The van der Waals surface area contributed by atoms with Crippen molar-refractivity contribution in [2.24, 2.45) is 0 Å². The van der Waals surface area contributed by atoms with Crippen LogP contribution in [-0.4, -0.2) is 22.5 Å². The molecule has 0 aliphatic heterocycles. The molecule has 4 heteroatoms. The second kappa shape index (κ2) is 3.52. The molecule has 0 heterocycles. The Morgan fingerprint density at radius 1 is 1.00 bits per heavy atom. The van der Waals surface area contributed by atoms with Crippen molar-refractivity contribution in [3.8, 4) is 0 Å². The van der Waals surface area contributed by atoms with E-state index in [1.165, 1.54) is 0 Å². The predicted octanol–water partition coefficient (Wildman–Crippen LogP) is 2.17. The summed E-state index contributed by atoms with van der Waals surface area (Å²) in [5, 5.41) is 1.52. The topological polar surface area (TPSA) is 0 Å². The molecule has 0 nitrogen and oxygen atoms in total. The van der Waals surface area contributed by atoms with Crippen molar-refractivity contribution in [2.45, 2.75) is 0 Å². The SMILES string of the molecule is Clc1c[c]([SnH])cc(Cl)c1Cl. The van der Waals surface area contributed by atoms with Crippen LogP contribution in [0, 0.1) is 0 Å². The molecule has 0 saturated heterocycles. The van der Waals surface area contributed by atoms with Crippen molar-refractivity contribution in [3.05, 3.63) is 27.2 Å². The molecule has 0 aliphatic carbocycles. The number of hydrogen-bond acceptors (Lipinski definition) is 0. The third-order valence-electron chi connectivity index (χ3n) is 1.01. The Morgan fingerprint density at radius 2 is 1.40 bits per heavy atom. The summed E-state index contributed by atoms with van der Waals surface area (Å²) < 4.78 is 1.14. The minimum atomic E-state index is 0.446. The molecule has 0 saturated carbocycles. The van der Waals surface area contributed by atoms with Gasteiger partial charge in [0, 0.05) is 0 Å². The van der Waals surface area contributed by atoms with Crippen LogP contribution in [0.5, 0.6) is 0 Å². The van der Waals surface area contributed by atoms with Crippen LogP contribution in [-0.2, 0) is 0 Å². The Morgan fingerprint density at radius 3 is 1.80 bits per heavy atom. The van der Waals surface area contributed by atoms with Gasteiger partial charge >= 0.3 is 88.1 Å². The summed E-state index contributed by atoms with van der Waals surface area (Å²) in [4.78, 5) is 0. The van der Waals surface area contributed by atoms with Crippen LogP contribution in [0.3, 0.4) is 0 Å². The molecule has 0 spiro atoms. The normalized spacial score (nSPS) is 10.0. The van der Waals surface area contributed by atoms with E-state index >= 15 is 0 Å². The van der Waals surface area contributed by atoms with Crippen molar-refractivity contribution in [1.82, 2.24) is 0 Å². The zero-order valence-corrected chi connectivity index (χ0v) is 10.4. The van der Waals surface area contributed by atoms with Crippen molar-refractivity contribution < 1.29 is 0 Å². The fourth-order valence-electron chi connectivity index (χ4n) is 0.575. The molecular formula is C6H3Cl3Sn. The monoisotopic (exact) mass is 300 g/mol. The van der Waals surface area contributed by atoms with Crippen molar-refractivity contribution in [1.29, 1.82) is 0 Å². The summed E-state index contributed by atoms with van der Waals surface area (Å²) in [5.41, 5.74) is 0. The molecule has 0 fully saturated rings. The number of rotatable bonds is 0. The van der Waals surface area contributed by atoms with E-state index < -0.39 is 0 Å². The quantitative estimate of drug-likeness (QED) is 0.509. The van der Waals surface area contributed by atoms with Gasteiger partial charge in [0.05, 0.1) is 0 Å². The molecule has 0 N–H and O–H groups in total. The molecule has 0 amide bonds. The van der Waals surface area contributed by atoms with E-state index in [2.05, 4.69) is 0 Å². The number of halogens is 3. The van der Waals surface area contributed by atoms with Crippen LogP contribution in [0.2, 0.25) is 15.1 Å². The minimum absolute atomic E-state index is 0.446. The van der Waals surface area contributed by atoms with Gasteiger partial charge in [0.2, 0.25) is 0 Å². The van der Waals surface area contributed by atoms with E-state index in [1.807, 2.05) is 12.1 Å². The van der Waals surface area contributed by atoms with Crippen LogP contribution in [0.25, 0.3) is 0 Å². The standard InChI is InChI=1S/C6H2Cl3.Sn.H/c7-4-2-1-3-5(8)6(4)9;;/h2-3H;;. The van der Waals surface area contributed by atoms with Gasteiger partial charge in [0.15, 0.2) is 0 Å². The molecule has 0 atom stereocenters. The molecule has 0 unspecified atom stereocenters. The molecule has 1 aromatic rings. The second-order valence-corrected chi connectivity index (χ2v) is 4.89. The first-order chi connectivity index (χ1) is 4.61. The molecule has 0 aliphatic rings. The van der Waals surface area contributed by atoms with Gasteiger partial charge in [-0.2, -0.15) is 0 Å². The van der Waals surface area contributed by atoms with Crippen molar-refractivity contribution in [2.75, 3.05) is 0 Å². The molecule has 0 aromatic heterocycles. The Labute approximate surface area is 87.6 Å². The molecular weight excluding hydrogens is 297 g/mol. The molecule has 0 bridgehead atoms. The average Bonchev–Trinajstić information content (AvgIpc) is 1.82. The average molecular weight is 300 g/mol. The van der Waals surface area contributed by atoms with Crippen LogP contribution in [0.1, 0.15) is 0 Å². The third-order valence-corrected chi connectivity index (χ3v) is 3.15. The van der Waals surface area contributed by atoms with Gasteiger partial charge in [-0.1, -0.05) is 0 Å². The zero-order chi connectivity index (χ0) is 7.72. The molecule has 2 radical (unpaired) electrons. The predicted molar refractivity (Wildman–Crippen MR) is 48.3 cm³/mol. The van der Waals surface area contributed by atoms with Gasteiger partial charge < -0.3 is 0 Å². The summed E-state index contributed by atoms with van der Waals surface area (Å²) in [7, 11) is 0. The van der Waals surface area contributed by atoms with E-state index in [0.29, 0.717) is 15.1 Å². The summed E-state index contributed by atoms with van der Waals surface area (Å²) in [6.07, 6.45) is 0. The van der Waals surface area contributed by atoms with Crippen LogP contribution in [0.4, 0.5) is 0 Å².